The number of allylic oxidation sites excluding steroid dienone is 1. The summed E-state index contributed by atoms with van der Waals surface area (Å²) >= 11 is 2.06. The fourth-order valence-corrected chi connectivity index (χ4v) is 4.57. The van der Waals surface area contributed by atoms with Gasteiger partial charge in [0.15, 0.2) is 0 Å². The summed E-state index contributed by atoms with van der Waals surface area (Å²) in [7, 11) is 0. The van der Waals surface area contributed by atoms with Crippen LogP contribution in [0.5, 0.6) is 0 Å². The predicted molar refractivity (Wildman–Crippen MR) is 89.5 cm³/mol. The monoisotopic (exact) mass is 297 g/mol. The molecule has 2 heterocycles. The second-order valence-corrected chi connectivity index (χ2v) is 8.54. The number of hydrogen-bond acceptors (Lipinski definition) is 3. The van der Waals surface area contributed by atoms with Crippen LogP contribution in [0.4, 0.5) is 0 Å². The Morgan fingerprint density at radius 1 is 1.45 bits per heavy atom. The molecule has 116 valence electrons. The van der Waals surface area contributed by atoms with Crippen molar-refractivity contribution in [2.24, 2.45) is 5.92 Å². The lowest BCUT2D eigenvalue weighted by atomic mass is 9.81. The minimum absolute atomic E-state index is 0.215. The van der Waals surface area contributed by atoms with Crippen LogP contribution in [0.25, 0.3) is 0 Å². The molecule has 0 aromatic carbocycles. The van der Waals surface area contributed by atoms with Gasteiger partial charge in [-0.3, -0.25) is 0 Å². The first-order valence-electron chi connectivity index (χ1n) is 8.04. The van der Waals surface area contributed by atoms with Crippen molar-refractivity contribution in [3.63, 3.8) is 0 Å². The number of hydrogen-bond donors (Lipinski definition) is 1. The molecular formula is C17H31NOS. The SMILES string of the molecule is CC(=CCCNC(C)(C)C)C1CCOC2(CCSC2)C1. The molecule has 0 aromatic heterocycles. The van der Waals surface area contributed by atoms with Gasteiger partial charge >= 0.3 is 0 Å². The summed E-state index contributed by atoms with van der Waals surface area (Å²) in [5, 5.41) is 3.56. The molecule has 2 aliphatic rings. The number of ether oxygens (including phenoxy) is 1. The molecule has 1 N–H and O–H groups in total. The molecule has 0 aromatic rings. The first-order valence-corrected chi connectivity index (χ1v) is 9.19. The Bertz CT molecular complexity index is 339. The Labute approximate surface area is 129 Å². The fourth-order valence-electron chi connectivity index (χ4n) is 3.19. The highest BCUT2D eigenvalue weighted by Gasteiger charge is 2.40. The van der Waals surface area contributed by atoms with Gasteiger partial charge in [-0.05, 0) is 71.6 Å². The third kappa shape index (κ3) is 4.78. The van der Waals surface area contributed by atoms with Gasteiger partial charge in [0.1, 0.15) is 0 Å². The smallest absolute Gasteiger partial charge is 0.0786 e. The summed E-state index contributed by atoms with van der Waals surface area (Å²) in [5.74, 6) is 3.24. The van der Waals surface area contributed by atoms with E-state index in [2.05, 4.69) is 50.8 Å². The molecule has 0 aliphatic carbocycles. The van der Waals surface area contributed by atoms with E-state index in [4.69, 9.17) is 4.74 Å². The van der Waals surface area contributed by atoms with Gasteiger partial charge in [0.25, 0.3) is 0 Å². The minimum Gasteiger partial charge on any atom is -0.374 e. The van der Waals surface area contributed by atoms with Crippen molar-refractivity contribution in [3.8, 4) is 0 Å². The van der Waals surface area contributed by atoms with Gasteiger partial charge in [-0.1, -0.05) is 11.6 Å². The molecule has 2 atom stereocenters. The van der Waals surface area contributed by atoms with E-state index in [0.29, 0.717) is 0 Å². The summed E-state index contributed by atoms with van der Waals surface area (Å²) in [6, 6.07) is 0. The van der Waals surface area contributed by atoms with Crippen LogP contribution >= 0.6 is 11.8 Å². The number of rotatable bonds is 4. The standard InChI is InChI=1S/C17H31NOS/c1-14(6-5-9-18-16(2,3)4)15-7-10-19-17(12-15)8-11-20-13-17/h6,15,18H,5,7-13H2,1-4H3. The third-order valence-corrected chi connectivity index (χ3v) is 5.69. The molecule has 0 radical (unpaired) electrons. The van der Waals surface area contributed by atoms with Crippen LogP contribution in [-0.2, 0) is 4.74 Å². The van der Waals surface area contributed by atoms with Crippen molar-refractivity contribution in [3.05, 3.63) is 11.6 Å². The van der Waals surface area contributed by atoms with Crippen molar-refractivity contribution in [1.29, 1.82) is 0 Å². The third-order valence-electron chi connectivity index (χ3n) is 4.47. The van der Waals surface area contributed by atoms with Gasteiger partial charge in [-0.25, -0.2) is 0 Å². The van der Waals surface area contributed by atoms with Crippen LogP contribution in [0, 0.1) is 5.92 Å². The number of nitrogens with one attached hydrogen (secondary N) is 1. The molecule has 2 aliphatic heterocycles. The summed E-state index contributed by atoms with van der Waals surface area (Å²) < 4.78 is 6.12. The Morgan fingerprint density at radius 2 is 2.25 bits per heavy atom. The Kier molecular flexibility index (Phi) is 5.61. The molecular weight excluding hydrogens is 266 g/mol. The van der Waals surface area contributed by atoms with E-state index in [-0.39, 0.29) is 11.1 Å². The molecule has 3 heteroatoms. The van der Waals surface area contributed by atoms with Crippen LogP contribution in [0.1, 0.15) is 53.4 Å². The highest BCUT2D eigenvalue weighted by Crippen LogP contribution is 2.42. The van der Waals surface area contributed by atoms with Crippen molar-refractivity contribution < 1.29 is 4.74 Å². The van der Waals surface area contributed by atoms with E-state index >= 15 is 0 Å². The van der Waals surface area contributed by atoms with Gasteiger partial charge in [0.2, 0.25) is 0 Å². The normalized spacial score (nSPS) is 32.0. The zero-order valence-electron chi connectivity index (χ0n) is 13.6. The zero-order chi connectivity index (χ0) is 14.6. The molecule has 2 unspecified atom stereocenters. The Hall–Kier alpha value is 0.0100. The van der Waals surface area contributed by atoms with Crippen LogP contribution in [0.3, 0.4) is 0 Å². The number of thioether (sulfide) groups is 1. The largest absolute Gasteiger partial charge is 0.374 e. The van der Waals surface area contributed by atoms with E-state index < -0.39 is 0 Å². The molecule has 2 rings (SSSR count). The molecule has 2 saturated heterocycles. The lowest BCUT2D eigenvalue weighted by Gasteiger charge is -2.38. The van der Waals surface area contributed by atoms with Crippen LogP contribution < -0.4 is 5.32 Å². The minimum atomic E-state index is 0.215. The highest BCUT2D eigenvalue weighted by atomic mass is 32.2. The van der Waals surface area contributed by atoms with Crippen molar-refractivity contribution >= 4 is 11.8 Å². The Morgan fingerprint density at radius 3 is 2.90 bits per heavy atom. The summed E-state index contributed by atoms with van der Waals surface area (Å²) in [4.78, 5) is 0. The maximum Gasteiger partial charge on any atom is 0.0786 e. The van der Waals surface area contributed by atoms with Gasteiger partial charge in [0, 0.05) is 17.9 Å². The van der Waals surface area contributed by atoms with Crippen LogP contribution in [-0.4, -0.2) is 35.8 Å². The zero-order valence-corrected chi connectivity index (χ0v) is 14.4. The molecule has 2 fully saturated rings. The van der Waals surface area contributed by atoms with Crippen molar-refractivity contribution in [2.45, 2.75) is 64.5 Å². The maximum atomic E-state index is 6.12. The highest BCUT2D eigenvalue weighted by molar-refractivity contribution is 7.99. The van der Waals surface area contributed by atoms with Gasteiger partial charge < -0.3 is 10.1 Å². The molecule has 0 bridgehead atoms. The maximum absolute atomic E-state index is 6.12. The first-order chi connectivity index (χ1) is 9.40. The average molecular weight is 298 g/mol. The molecule has 1 spiro atoms. The summed E-state index contributed by atoms with van der Waals surface area (Å²) in [6.45, 7) is 11.0. The lowest BCUT2D eigenvalue weighted by molar-refractivity contribution is -0.0734. The molecule has 0 amide bonds. The predicted octanol–water partition coefficient (Wildman–Crippen LogP) is 4.01. The van der Waals surface area contributed by atoms with Gasteiger partial charge in [-0.2, -0.15) is 11.8 Å². The van der Waals surface area contributed by atoms with E-state index in [1.54, 1.807) is 5.57 Å². The topological polar surface area (TPSA) is 21.3 Å². The fraction of sp³-hybridized carbons (Fsp3) is 0.882. The van der Waals surface area contributed by atoms with Crippen molar-refractivity contribution in [2.75, 3.05) is 24.7 Å². The van der Waals surface area contributed by atoms with E-state index in [1.807, 2.05) is 0 Å². The second-order valence-electron chi connectivity index (χ2n) is 7.44. The second kappa shape index (κ2) is 6.85. The average Bonchev–Trinajstić information content (AvgIpc) is 2.81. The van der Waals surface area contributed by atoms with Crippen molar-refractivity contribution in [1.82, 2.24) is 5.32 Å². The summed E-state index contributed by atoms with van der Waals surface area (Å²) in [5.41, 5.74) is 2.03. The van der Waals surface area contributed by atoms with Crippen LogP contribution in [0.2, 0.25) is 0 Å². The molecule has 0 saturated carbocycles. The van der Waals surface area contributed by atoms with E-state index in [9.17, 15) is 0 Å². The molecule has 20 heavy (non-hydrogen) atoms. The lowest BCUT2D eigenvalue weighted by Crippen LogP contribution is -2.40. The van der Waals surface area contributed by atoms with E-state index in [1.165, 1.54) is 30.8 Å². The van der Waals surface area contributed by atoms with Gasteiger partial charge in [0.05, 0.1) is 5.60 Å². The van der Waals surface area contributed by atoms with Gasteiger partial charge in [-0.15, -0.1) is 0 Å². The van der Waals surface area contributed by atoms with Crippen LogP contribution in [0.15, 0.2) is 11.6 Å². The molecule has 2 nitrogen and oxygen atoms in total. The first kappa shape index (κ1) is 16.4. The van der Waals surface area contributed by atoms with E-state index in [0.717, 1.165) is 25.5 Å². The quantitative estimate of drug-likeness (QED) is 0.626. The summed E-state index contributed by atoms with van der Waals surface area (Å²) in [6.07, 6.45) is 7.30. The Balaban J connectivity index is 1.80.